The van der Waals surface area contributed by atoms with Gasteiger partial charge in [0.15, 0.2) is 6.61 Å². The van der Waals surface area contributed by atoms with Crippen molar-refractivity contribution in [3.63, 3.8) is 0 Å². The lowest BCUT2D eigenvalue weighted by molar-refractivity contribution is -0.141. The molecule has 138 valence electrons. The van der Waals surface area contributed by atoms with Crippen LogP contribution in [0.3, 0.4) is 0 Å². The van der Waals surface area contributed by atoms with Gasteiger partial charge in [0.1, 0.15) is 5.75 Å². The first-order chi connectivity index (χ1) is 12.4. The van der Waals surface area contributed by atoms with Gasteiger partial charge in [0, 0.05) is 32.4 Å². The van der Waals surface area contributed by atoms with E-state index in [9.17, 15) is 18.0 Å². The minimum absolute atomic E-state index is 0.333. The van der Waals surface area contributed by atoms with Gasteiger partial charge in [0.05, 0.1) is 5.56 Å². The molecular formula is C19H19F3N2O2. The number of fused-ring (bicyclic) bond motifs is 1. The van der Waals surface area contributed by atoms with Crippen molar-refractivity contribution in [3.05, 3.63) is 59.7 Å². The smallest absolute Gasteiger partial charge is 0.419 e. The number of ether oxygens (including phenoxy) is 1. The molecule has 0 saturated heterocycles. The van der Waals surface area contributed by atoms with E-state index in [-0.39, 0.29) is 11.7 Å². The van der Waals surface area contributed by atoms with Crippen molar-refractivity contribution in [3.8, 4) is 5.75 Å². The predicted octanol–water partition coefficient (Wildman–Crippen LogP) is 3.56. The third-order valence-corrected chi connectivity index (χ3v) is 4.37. The topological polar surface area (TPSA) is 32.8 Å². The van der Waals surface area contributed by atoms with Gasteiger partial charge < -0.3 is 14.5 Å². The Morgan fingerprint density at radius 2 is 1.77 bits per heavy atom. The number of hydrogen-bond donors (Lipinski definition) is 0. The van der Waals surface area contributed by atoms with Gasteiger partial charge in [0.25, 0.3) is 5.91 Å². The minimum Gasteiger partial charge on any atom is -0.483 e. The summed E-state index contributed by atoms with van der Waals surface area (Å²) in [6, 6.07) is 12.7. The van der Waals surface area contributed by atoms with Crippen LogP contribution in [0.15, 0.2) is 48.5 Å². The van der Waals surface area contributed by atoms with Crippen molar-refractivity contribution in [2.75, 3.05) is 31.6 Å². The Hall–Kier alpha value is -2.70. The molecule has 0 spiro atoms. The van der Waals surface area contributed by atoms with Gasteiger partial charge in [-0.25, -0.2) is 0 Å². The summed E-state index contributed by atoms with van der Waals surface area (Å²) in [7, 11) is 1.95. The maximum absolute atomic E-state index is 13.0. The molecule has 0 unspecified atom stereocenters. The van der Waals surface area contributed by atoms with Crippen LogP contribution in [0.2, 0.25) is 0 Å². The molecule has 2 aromatic rings. The van der Waals surface area contributed by atoms with Crippen LogP contribution in [-0.2, 0) is 17.5 Å². The molecule has 0 fully saturated rings. The van der Waals surface area contributed by atoms with Gasteiger partial charge in [-0.1, -0.05) is 30.3 Å². The highest BCUT2D eigenvalue weighted by atomic mass is 19.4. The molecule has 4 nitrogen and oxygen atoms in total. The van der Waals surface area contributed by atoms with E-state index in [0.717, 1.165) is 17.3 Å². The minimum atomic E-state index is -4.52. The molecule has 1 aliphatic heterocycles. The lowest BCUT2D eigenvalue weighted by Crippen LogP contribution is -2.37. The van der Waals surface area contributed by atoms with Crippen molar-refractivity contribution in [2.24, 2.45) is 0 Å². The molecule has 3 rings (SSSR count). The number of carbonyl (C=O) groups excluding carboxylic acids is 1. The number of alkyl halides is 3. The number of halogens is 3. The highest BCUT2D eigenvalue weighted by molar-refractivity contribution is 5.78. The van der Waals surface area contributed by atoms with E-state index >= 15 is 0 Å². The Bertz CT molecular complexity index is 792. The molecule has 0 bridgehead atoms. The quantitative estimate of drug-likeness (QED) is 0.835. The van der Waals surface area contributed by atoms with E-state index in [0.29, 0.717) is 19.6 Å². The van der Waals surface area contributed by atoms with Gasteiger partial charge in [-0.05, 0) is 23.8 Å². The summed E-state index contributed by atoms with van der Waals surface area (Å²) in [6.45, 7) is 1.10. The van der Waals surface area contributed by atoms with E-state index in [1.807, 2.05) is 31.3 Å². The van der Waals surface area contributed by atoms with Crippen molar-refractivity contribution in [1.29, 1.82) is 0 Å². The number of para-hydroxylation sites is 2. The zero-order chi connectivity index (χ0) is 18.7. The molecule has 0 aromatic heterocycles. The average molecular weight is 364 g/mol. The molecule has 0 saturated carbocycles. The summed E-state index contributed by atoms with van der Waals surface area (Å²) in [6.07, 6.45) is -4.52. The lowest BCUT2D eigenvalue weighted by atomic mass is 10.1. The third kappa shape index (κ3) is 3.92. The lowest BCUT2D eigenvalue weighted by Gasteiger charge is -2.21. The highest BCUT2D eigenvalue weighted by Crippen LogP contribution is 2.35. The summed E-state index contributed by atoms with van der Waals surface area (Å²) in [4.78, 5) is 16.2. The van der Waals surface area contributed by atoms with E-state index in [1.165, 1.54) is 18.2 Å². The van der Waals surface area contributed by atoms with Crippen molar-refractivity contribution in [2.45, 2.75) is 12.7 Å². The third-order valence-electron chi connectivity index (χ3n) is 4.37. The number of benzene rings is 2. The monoisotopic (exact) mass is 364 g/mol. The Labute approximate surface area is 149 Å². The van der Waals surface area contributed by atoms with Crippen LogP contribution in [0.25, 0.3) is 0 Å². The molecule has 0 aliphatic carbocycles. The van der Waals surface area contributed by atoms with E-state index in [2.05, 4.69) is 4.90 Å². The maximum Gasteiger partial charge on any atom is 0.419 e. The summed E-state index contributed by atoms with van der Waals surface area (Å²) in [5, 5.41) is 0. The summed E-state index contributed by atoms with van der Waals surface area (Å²) < 4.78 is 44.2. The van der Waals surface area contributed by atoms with Crippen LogP contribution in [0, 0.1) is 0 Å². The molecule has 7 heteroatoms. The molecular weight excluding hydrogens is 345 g/mol. The van der Waals surface area contributed by atoms with Crippen LogP contribution in [0.1, 0.15) is 11.1 Å². The second-order valence-corrected chi connectivity index (χ2v) is 6.15. The summed E-state index contributed by atoms with van der Waals surface area (Å²) in [5.41, 5.74) is 1.16. The first-order valence-corrected chi connectivity index (χ1v) is 8.22. The maximum atomic E-state index is 13.0. The van der Waals surface area contributed by atoms with Crippen LogP contribution in [0.5, 0.6) is 5.75 Å². The number of anilines is 1. The Kier molecular flexibility index (Phi) is 5.06. The van der Waals surface area contributed by atoms with Crippen LogP contribution in [-0.4, -0.2) is 37.6 Å². The Morgan fingerprint density at radius 3 is 2.54 bits per heavy atom. The number of rotatable bonds is 3. The SMILES string of the molecule is CN1CCN(C(=O)COc2ccccc2C(F)(F)F)Cc2ccccc21. The zero-order valence-electron chi connectivity index (χ0n) is 14.3. The van der Waals surface area contributed by atoms with Crippen molar-refractivity contribution in [1.82, 2.24) is 4.90 Å². The standard InChI is InChI=1S/C19H19F3N2O2/c1-23-10-11-24(12-14-6-2-4-8-16(14)23)18(25)13-26-17-9-5-3-7-15(17)19(20,21)22/h2-9H,10-13H2,1H3. The summed E-state index contributed by atoms with van der Waals surface area (Å²) in [5.74, 6) is -0.673. The van der Waals surface area contributed by atoms with Crippen LogP contribution in [0.4, 0.5) is 18.9 Å². The second-order valence-electron chi connectivity index (χ2n) is 6.15. The average Bonchev–Trinajstić information content (AvgIpc) is 2.79. The fourth-order valence-electron chi connectivity index (χ4n) is 2.96. The second kappa shape index (κ2) is 7.27. The van der Waals surface area contributed by atoms with Crippen LogP contribution < -0.4 is 9.64 Å². The molecule has 1 heterocycles. The van der Waals surface area contributed by atoms with E-state index in [4.69, 9.17) is 4.74 Å². The summed E-state index contributed by atoms with van der Waals surface area (Å²) >= 11 is 0. The van der Waals surface area contributed by atoms with Gasteiger partial charge in [-0.15, -0.1) is 0 Å². The molecule has 0 radical (unpaired) electrons. The number of likely N-dealkylation sites (N-methyl/N-ethyl adjacent to an activating group) is 1. The van der Waals surface area contributed by atoms with Gasteiger partial charge >= 0.3 is 6.18 Å². The number of carbonyl (C=O) groups is 1. The Morgan fingerprint density at radius 1 is 1.08 bits per heavy atom. The first-order valence-electron chi connectivity index (χ1n) is 8.22. The van der Waals surface area contributed by atoms with Gasteiger partial charge in [-0.2, -0.15) is 13.2 Å². The highest BCUT2D eigenvalue weighted by Gasteiger charge is 2.34. The molecule has 2 aromatic carbocycles. The fourth-order valence-corrected chi connectivity index (χ4v) is 2.96. The number of nitrogens with zero attached hydrogens (tertiary/aromatic N) is 2. The van der Waals surface area contributed by atoms with Crippen molar-refractivity contribution < 1.29 is 22.7 Å². The fraction of sp³-hybridized carbons (Fsp3) is 0.316. The van der Waals surface area contributed by atoms with E-state index in [1.54, 1.807) is 4.90 Å². The van der Waals surface area contributed by atoms with Gasteiger partial charge in [0.2, 0.25) is 0 Å². The largest absolute Gasteiger partial charge is 0.483 e. The van der Waals surface area contributed by atoms with Crippen LogP contribution >= 0.6 is 0 Å². The first kappa shape index (κ1) is 18.1. The normalized spacial score (nSPS) is 14.6. The molecule has 1 amide bonds. The zero-order valence-corrected chi connectivity index (χ0v) is 14.3. The van der Waals surface area contributed by atoms with E-state index < -0.39 is 18.3 Å². The number of amides is 1. The predicted molar refractivity (Wildman–Crippen MR) is 92.1 cm³/mol. The number of hydrogen-bond acceptors (Lipinski definition) is 3. The molecule has 26 heavy (non-hydrogen) atoms. The Balaban J connectivity index is 1.70. The molecule has 0 atom stereocenters. The molecule has 1 aliphatic rings. The van der Waals surface area contributed by atoms with Crippen molar-refractivity contribution >= 4 is 11.6 Å². The van der Waals surface area contributed by atoms with Gasteiger partial charge in [-0.3, -0.25) is 4.79 Å². The molecule has 0 N–H and O–H groups in total.